The highest BCUT2D eigenvalue weighted by Gasteiger charge is 2.12. The SMILES string of the molecule is C=CCCCCC(O)Cn1c(Cl)nc2ccccc21. The third kappa shape index (κ3) is 3.58. The minimum Gasteiger partial charge on any atom is -0.391 e. The molecule has 1 aromatic carbocycles. The number of halogens is 1. The van der Waals surface area contributed by atoms with Crippen LogP contribution in [0.15, 0.2) is 36.9 Å². The summed E-state index contributed by atoms with van der Waals surface area (Å²) in [6.45, 7) is 4.19. The monoisotopic (exact) mass is 278 g/mol. The molecular weight excluding hydrogens is 260 g/mol. The van der Waals surface area contributed by atoms with Gasteiger partial charge in [0.05, 0.1) is 23.7 Å². The Labute approximate surface area is 118 Å². The van der Waals surface area contributed by atoms with Gasteiger partial charge in [-0.05, 0) is 43.0 Å². The average molecular weight is 279 g/mol. The fraction of sp³-hybridized carbons (Fsp3) is 0.400. The minimum absolute atomic E-state index is 0.389. The highest BCUT2D eigenvalue weighted by Crippen LogP contribution is 2.20. The van der Waals surface area contributed by atoms with E-state index in [1.54, 1.807) is 0 Å². The van der Waals surface area contributed by atoms with Crippen molar-refractivity contribution in [1.82, 2.24) is 9.55 Å². The Balaban J connectivity index is 2.00. The van der Waals surface area contributed by atoms with E-state index in [4.69, 9.17) is 11.6 Å². The second kappa shape index (κ2) is 6.73. The van der Waals surface area contributed by atoms with Crippen molar-refractivity contribution in [3.8, 4) is 0 Å². The maximum atomic E-state index is 10.1. The molecule has 3 nitrogen and oxygen atoms in total. The molecule has 4 heteroatoms. The second-order valence-corrected chi connectivity index (χ2v) is 5.05. The molecule has 1 unspecified atom stereocenters. The highest BCUT2D eigenvalue weighted by atomic mass is 35.5. The molecule has 1 N–H and O–H groups in total. The zero-order valence-corrected chi connectivity index (χ0v) is 11.7. The Bertz CT molecular complexity index is 550. The Morgan fingerprint density at radius 2 is 2.16 bits per heavy atom. The summed E-state index contributed by atoms with van der Waals surface area (Å²) in [4.78, 5) is 4.28. The number of hydrogen-bond donors (Lipinski definition) is 1. The molecule has 0 fully saturated rings. The van der Waals surface area contributed by atoms with Gasteiger partial charge in [-0.3, -0.25) is 0 Å². The molecule has 1 aromatic heterocycles. The van der Waals surface area contributed by atoms with E-state index >= 15 is 0 Å². The first-order chi connectivity index (χ1) is 9.22. The molecule has 19 heavy (non-hydrogen) atoms. The van der Waals surface area contributed by atoms with Gasteiger partial charge in [0, 0.05) is 0 Å². The van der Waals surface area contributed by atoms with E-state index in [1.165, 1.54) is 0 Å². The van der Waals surface area contributed by atoms with Crippen molar-refractivity contribution in [2.75, 3.05) is 0 Å². The van der Waals surface area contributed by atoms with Crippen LogP contribution in [-0.4, -0.2) is 20.8 Å². The summed E-state index contributed by atoms with van der Waals surface area (Å²) in [6.07, 6.45) is 5.36. The third-order valence-corrected chi connectivity index (χ3v) is 3.49. The molecule has 102 valence electrons. The summed E-state index contributed by atoms with van der Waals surface area (Å²) < 4.78 is 1.87. The Morgan fingerprint density at radius 3 is 2.95 bits per heavy atom. The van der Waals surface area contributed by atoms with Crippen molar-refractivity contribution in [2.24, 2.45) is 0 Å². The maximum Gasteiger partial charge on any atom is 0.203 e. The van der Waals surface area contributed by atoms with Crippen LogP contribution in [0.1, 0.15) is 25.7 Å². The molecule has 0 amide bonds. The minimum atomic E-state index is -0.389. The summed E-state index contributed by atoms with van der Waals surface area (Å²) in [5.74, 6) is 0. The smallest absolute Gasteiger partial charge is 0.203 e. The molecular formula is C15H19ClN2O. The molecule has 0 radical (unpaired) electrons. The van der Waals surface area contributed by atoms with Crippen molar-refractivity contribution < 1.29 is 5.11 Å². The van der Waals surface area contributed by atoms with E-state index in [0.29, 0.717) is 11.8 Å². The molecule has 0 aliphatic heterocycles. The number of hydrogen-bond acceptors (Lipinski definition) is 2. The van der Waals surface area contributed by atoms with Gasteiger partial charge in [0.1, 0.15) is 0 Å². The molecule has 1 heterocycles. The van der Waals surface area contributed by atoms with Crippen LogP contribution >= 0.6 is 11.6 Å². The summed E-state index contributed by atoms with van der Waals surface area (Å²) >= 11 is 6.12. The number of rotatable bonds is 7. The van der Waals surface area contributed by atoms with Crippen LogP contribution in [0.2, 0.25) is 5.28 Å². The number of fused-ring (bicyclic) bond motifs is 1. The van der Waals surface area contributed by atoms with Crippen molar-refractivity contribution in [2.45, 2.75) is 38.3 Å². The molecule has 0 spiro atoms. The molecule has 2 aromatic rings. The van der Waals surface area contributed by atoms with Gasteiger partial charge in [-0.1, -0.05) is 24.6 Å². The van der Waals surface area contributed by atoms with Crippen LogP contribution in [0, 0.1) is 0 Å². The van der Waals surface area contributed by atoms with Crippen molar-refractivity contribution in [3.05, 3.63) is 42.2 Å². The number of nitrogens with zero attached hydrogens (tertiary/aromatic N) is 2. The third-order valence-electron chi connectivity index (χ3n) is 3.20. The number of imidazole rings is 1. The molecule has 0 aliphatic rings. The lowest BCUT2D eigenvalue weighted by Gasteiger charge is -2.12. The lowest BCUT2D eigenvalue weighted by molar-refractivity contribution is 0.142. The lowest BCUT2D eigenvalue weighted by Crippen LogP contribution is -2.15. The fourth-order valence-corrected chi connectivity index (χ4v) is 2.44. The Hall–Kier alpha value is -1.32. The van der Waals surface area contributed by atoms with Crippen LogP contribution in [0.4, 0.5) is 0 Å². The van der Waals surface area contributed by atoms with Crippen LogP contribution in [0.5, 0.6) is 0 Å². The van der Waals surface area contributed by atoms with Crippen LogP contribution in [0.3, 0.4) is 0 Å². The fourth-order valence-electron chi connectivity index (χ4n) is 2.19. The molecule has 0 bridgehead atoms. The molecule has 0 aliphatic carbocycles. The van der Waals surface area contributed by atoms with E-state index in [9.17, 15) is 5.11 Å². The first-order valence-corrected chi connectivity index (χ1v) is 7.00. The number of para-hydroxylation sites is 2. The summed E-state index contributed by atoms with van der Waals surface area (Å²) in [6, 6.07) is 7.78. The topological polar surface area (TPSA) is 38.0 Å². The standard InChI is InChI=1S/C15H19ClN2O/c1-2-3-4-5-8-12(19)11-18-14-10-7-6-9-13(14)17-15(18)16/h2,6-7,9-10,12,19H,1,3-5,8,11H2. The Morgan fingerprint density at radius 1 is 1.37 bits per heavy atom. The van der Waals surface area contributed by atoms with Crippen molar-refractivity contribution >= 4 is 22.6 Å². The molecule has 1 atom stereocenters. The van der Waals surface area contributed by atoms with Gasteiger partial charge in [-0.25, -0.2) is 4.98 Å². The van der Waals surface area contributed by atoms with Gasteiger partial charge < -0.3 is 9.67 Å². The Kier molecular flexibility index (Phi) is 5.00. The number of aliphatic hydroxyl groups is 1. The van der Waals surface area contributed by atoms with Gasteiger partial charge in [-0.15, -0.1) is 6.58 Å². The van der Waals surface area contributed by atoms with Gasteiger partial charge in [-0.2, -0.15) is 0 Å². The maximum absolute atomic E-state index is 10.1. The normalized spacial score (nSPS) is 12.7. The van der Waals surface area contributed by atoms with E-state index < -0.39 is 0 Å². The first-order valence-electron chi connectivity index (χ1n) is 6.62. The van der Waals surface area contributed by atoms with Crippen LogP contribution in [0.25, 0.3) is 11.0 Å². The molecule has 2 rings (SSSR count). The van der Waals surface area contributed by atoms with Gasteiger partial charge >= 0.3 is 0 Å². The van der Waals surface area contributed by atoms with E-state index in [2.05, 4.69) is 11.6 Å². The zero-order valence-electron chi connectivity index (χ0n) is 10.9. The number of unbranched alkanes of at least 4 members (excludes halogenated alkanes) is 2. The number of aromatic nitrogens is 2. The average Bonchev–Trinajstić information content (AvgIpc) is 2.72. The quantitative estimate of drug-likeness (QED) is 0.618. The van der Waals surface area contributed by atoms with Gasteiger partial charge in [0.15, 0.2) is 0 Å². The first kappa shape index (κ1) is 14.1. The van der Waals surface area contributed by atoms with E-state index in [-0.39, 0.29) is 6.10 Å². The van der Waals surface area contributed by atoms with Crippen molar-refractivity contribution in [3.63, 3.8) is 0 Å². The van der Waals surface area contributed by atoms with Crippen LogP contribution in [-0.2, 0) is 6.54 Å². The van der Waals surface area contributed by atoms with Gasteiger partial charge in [0.2, 0.25) is 5.28 Å². The summed E-state index contributed by atoms with van der Waals surface area (Å²) in [7, 11) is 0. The summed E-state index contributed by atoms with van der Waals surface area (Å²) in [5, 5.41) is 10.5. The molecule has 0 saturated heterocycles. The van der Waals surface area contributed by atoms with Gasteiger partial charge in [0.25, 0.3) is 0 Å². The zero-order chi connectivity index (χ0) is 13.7. The largest absolute Gasteiger partial charge is 0.391 e. The number of allylic oxidation sites excluding steroid dienone is 1. The van der Waals surface area contributed by atoms with E-state index in [0.717, 1.165) is 36.7 Å². The van der Waals surface area contributed by atoms with Crippen molar-refractivity contribution in [1.29, 1.82) is 0 Å². The number of aliphatic hydroxyl groups excluding tert-OH is 1. The van der Waals surface area contributed by atoms with E-state index in [1.807, 2.05) is 34.9 Å². The second-order valence-electron chi connectivity index (χ2n) is 4.71. The lowest BCUT2D eigenvalue weighted by atomic mass is 10.1. The predicted octanol–water partition coefficient (Wildman–Crippen LogP) is 3.80. The summed E-state index contributed by atoms with van der Waals surface area (Å²) in [5.41, 5.74) is 1.84. The highest BCUT2D eigenvalue weighted by molar-refractivity contribution is 6.29. The number of benzene rings is 1. The predicted molar refractivity (Wildman–Crippen MR) is 79.4 cm³/mol. The van der Waals surface area contributed by atoms with Crippen LogP contribution < -0.4 is 0 Å². The molecule has 0 saturated carbocycles.